The van der Waals surface area contributed by atoms with E-state index in [4.69, 9.17) is 21.1 Å². The topological polar surface area (TPSA) is 47.5 Å². The highest BCUT2D eigenvalue weighted by molar-refractivity contribution is 6.31. The van der Waals surface area contributed by atoms with Gasteiger partial charge >= 0.3 is 0 Å². The fraction of sp³-hybridized carbons (Fsp3) is 0.714. The van der Waals surface area contributed by atoms with Gasteiger partial charge in [-0.05, 0) is 13.3 Å². The third-order valence-electron chi connectivity index (χ3n) is 3.45. The van der Waals surface area contributed by atoms with Gasteiger partial charge in [-0.3, -0.25) is 0 Å². The molecule has 0 radical (unpaired) electrons. The fourth-order valence-corrected chi connectivity index (χ4v) is 2.76. The summed E-state index contributed by atoms with van der Waals surface area (Å²) in [6, 6.07) is 0. The van der Waals surface area contributed by atoms with Gasteiger partial charge in [-0.15, -0.1) is 0 Å². The van der Waals surface area contributed by atoms with Crippen LogP contribution in [0.25, 0.3) is 0 Å². The average Bonchev–Trinajstić information content (AvgIpc) is 2.44. The van der Waals surface area contributed by atoms with E-state index in [0.29, 0.717) is 10.9 Å². The molecular weight excluding hydrogens is 278 g/mol. The van der Waals surface area contributed by atoms with Crippen molar-refractivity contribution in [2.45, 2.75) is 45.3 Å². The molecule has 0 aromatic carbocycles. The average molecular weight is 300 g/mol. The van der Waals surface area contributed by atoms with Gasteiger partial charge in [0.05, 0.1) is 19.3 Å². The van der Waals surface area contributed by atoms with Crippen LogP contribution in [0.15, 0.2) is 6.33 Å². The predicted octanol–water partition coefficient (Wildman–Crippen LogP) is 2.92. The van der Waals surface area contributed by atoms with Crippen molar-refractivity contribution < 1.29 is 9.47 Å². The lowest BCUT2D eigenvalue weighted by Crippen LogP contribution is -2.47. The lowest BCUT2D eigenvalue weighted by Gasteiger charge is -2.38. The minimum atomic E-state index is 0.170. The van der Waals surface area contributed by atoms with Crippen molar-refractivity contribution in [3.63, 3.8) is 0 Å². The molecule has 0 saturated carbocycles. The summed E-state index contributed by atoms with van der Waals surface area (Å²) in [5.41, 5.74) is 0. The van der Waals surface area contributed by atoms with E-state index in [1.807, 2.05) is 0 Å². The molecular formula is C14H22ClN3O2. The van der Waals surface area contributed by atoms with Gasteiger partial charge in [-0.2, -0.15) is 0 Å². The Hall–Kier alpha value is -1.07. The number of halogens is 1. The second kappa shape index (κ2) is 7.09. The highest BCUT2D eigenvalue weighted by atomic mass is 35.5. The first-order valence-corrected chi connectivity index (χ1v) is 7.48. The van der Waals surface area contributed by atoms with Crippen molar-refractivity contribution in [2.75, 3.05) is 25.1 Å². The monoisotopic (exact) mass is 299 g/mol. The molecule has 1 aliphatic heterocycles. The molecule has 0 bridgehead atoms. The lowest BCUT2D eigenvalue weighted by molar-refractivity contribution is -0.0209. The van der Waals surface area contributed by atoms with Crippen LogP contribution in [-0.4, -0.2) is 42.4 Å². The number of hydrogen-bond acceptors (Lipinski definition) is 5. The molecule has 2 heterocycles. The van der Waals surface area contributed by atoms with Crippen LogP contribution in [0.3, 0.4) is 0 Å². The molecule has 1 aromatic rings. The van der Waals surface area contributed by atoms with Crippen LogP contribution in [0, 0.1) is 0 Å². The Morgan fingerprint density at radius 2 is 2.25 bits per heavy atom. The SMILES string of the molecule is CCCC[C@H]1CN(c2ncnc(Cl)c2OC)C[C@@H](C)O1. The van der Waals surface area contributed by atoms with Crippen molar-refractivity contribution in [1.82, 2.24) is 9.97 Å². The van der Waals surface area contributed by atoms with E-state index in [1.54, 1.807) is 7.11 Å². The standard InChI is InChI=1S/C14H22ClN3O2/c1-4-5-6-11-8-18(7-10(2)20-11)14-12(19-3)13(15)16-9-17-14/h9-11H,4-8H2,1-3H3/t10-,11+/m1/s1. The van der Waals surface area contributed by atoms with Crippen molar-refractivity contribution >= 4 is 17.4 Å². The molecule has 1 aromatic heterocycles. The van der Waals surface area contributed by atoms with Crippen molar-refractivity contribution in [1.29, 1.82) is 0 Å². The first-order chi connectivity index (χ1) is 9.65. The minimum Gasteiger partial charge on any atom is -0.490 e. The van der Waals surface area contributed by atoms with E-state index >= 15 is 0 Å². The largest absolute Gasteiger partial charge is 0.490 e. The molecule has 1 fully saturated rings. The van der Waals surface area contributed by atoms with Crippen LogP contribution in [0.4, 0.5) is 5.82 Å². The number of nitrogens with zero attached hydrogens (tertiary/aromatic N) is 3. The van der Waals surface area contributed by atoms with Gasteiger partial charge in [0.2, 0.25) is 0 Å². The summed E-state index contributed by atoms with van der Waals surface area (Å²) in [6.45, 7) is 5.87. The number of ether oxygens (including phenoxy) is 2. The van der Waals surface area contributed by atoms with Gasteiger partial charge in [-0.25, -0.2) is 9.97 Å². The van der Waals surface area contributed by atoms with Gasteiger partial charge in [0.1, 0.15) is 6.33 Å². The molecule has 6 heteroatoms. The molecule has 20 heavy (non-hydrogen) atoms. The Morgan fingerprint density at radius 3 is 2.95 bits per heavy atom. The lowest BCUT2D eigenvalue weighted by atomic mass is 10.1. The Morgan fingerprint density at radius 1 is 1.45 bits per heavy atom. The number of methoxy groups -OCH3 is 1. The molecule has 0 aliphatic carbocycles. The summed E-state index contributed by atoms with van der Waals surface area (Å²) < 4.78 is 11.3. The van der Waals surface area contributed by atoms with Gasteiger partial charge in [0.15, 0.2) is 16.7 Å². The molecule has 112 valence electrons. The highest BCUT2D eigenvalue weighted by Crippen LogP contribution is 2.33. The summed E-state index contributed by atoms with van der Waals surface area (Å²) in [4.78, 5) is 10.5. The van der Waals surface area contributed by atoms with Crippen molar-refractivity contribution in [3.05, 3.63) is 11.5 Å². The third-order valence-corrected chi connectivity index (χ3v) is 3.72. The first-order valence-electron chi connectivity index (χ1n) is 7.10. The summed E-state index contributed by atoms with van der Waals surface area (Å²) in [5, 5.41) is 0.349. The fourth-order valence-electron chi connectivity index (χ4n) is 2.55. The van der Waals surface area contributed by atoms with Crippen molar-refractivity contribution in [3.8, 4) is 5.75 Å². The second-order valence-electron chi connectivity index (χ2n) is 5.14. The van der Waals surface area contributed by atoms with Crippen LogP contribution >= 0.6 is 11.6 Å². The normalized spacial score (nSPS) is 22.9. The quantitative estimate of drug-likeness (QED) is 0.782. The maximum absolute atomic E-state index is 6.07. The van der Waals surface area contributed by atoms with Crippen LogP contribution < -0.4 is 9.64 Å². The number of aromatic nitrogens is 2. The first kappa shape index (κ1) is 15.3. The second-order valence-corrected chi connectivity index (χ2v) is 5.50. The van der Waals surface area contributed by atoms with Crippen LogP contribution in [0.5, 0.6) is 5.75 Å². The summed E-state index contributed by atoms with van der Waals surface area (Å²) >= 11 is 6.07. The molecule has 0 N–H and O–H groups in total. The van der Waals surface area contributed by atoms with E-state index in [2.05, 4.69) is 28.7 Å². The Bertz CT molecular complexity index is 444. The Balaban J connectivity index is 2.16. The van der Waals surface area contributed by atoms with Gasteiger partial charge in [0, 0.05) is 13.1 Å². The molecule has 2 atom stereocenters. The number of morpholine rings is 1. The maximum atomic E-state index is 6.07. The molecule has 1 aliphatic rings. The molecule has 0 unspecified atom stereocenters. The van der Waals surface area contributed by atoms with Gasteiger partial charge in [-0.1, -0.05) is 31.4 Å². The summed E-state index contributed by atoms with van der Waals surface area (Å²) in [6.07, 6.45) is 5.30. The zero-order chi connectivity index (χ0) is 14.5. The Labute approximate surface area is 125 Å². The zero-order valence-corrected chi connectivity index (χ0v) is 13.1. The number of anilines is 1. The number of unbranched alkanes of at least 4 members (excludes halogenated alkanes) is 1. The third kappa shape index (κ3) is 3.52. The van der Waals surface area contributed by atoms with E-state index in [1.165, 1.54) is 19.2 Å². The Kier molecular flexibility index (Phi) is 5.43. The van der Waals surface area contributed by atoms with E-state index in [9.17, 15) is 0 Å². The molecule has 2 rings (SSSR count). The molecule has 0 amide bonds. The van der Waals surface area contributed by atoms with Gasteiger partial charge < -0.3 is 14.4 Å². The van der Waals surface area contributed by atoms with Crippen LogP contribution in [-0.2, 0) is 4.74 Å². The number of rotatable bonds is 5. The smallest absolute Gasteiger partial charge is 0.199 e. The van der Waals surface area contributed by atoms with Crippen molar-refractivity contribution in [2.24, 2.45) is 0 Å². The predicted molar refractivity (Wildman–Crippen MR) is 79.7 cm³/mol. The van der Waals surface area contributed by atoms with E-state index in [-0.39, 0.29) is 12.2 Å². The summed E-state index contributed by atoms with van der Waals surface area (Å²) in [7, 11) is 1.59. The van der Waals surface area contributed by atoms with E-state index in [0.717, 1.165) is 25.3 Å². The number of hydrogen-bond donors (Lipinski definition) is 0. The zero-order valence-electron chi connectivity index (χ0n) is 12.3. The molecule has 5 nitrogen and oxygen atoms in total. The summed E-state index contributed by atoms with van der Waals surface area (Å²) in [5.74, 6) is 1.29. The molecule has 0 spiro atoms. The van der Waals surface area contributed by atoms with Crippen LogP contribution in [0.2, 0.25) is 5.15 Å². The van der Waals surface area contributed by atoms with E-state index < -0.39 is 0 Å². The van der Waals surface area contributed by atoms with Crippen LogP contribution in [0.1, 0.15) is 33.1 Å². The highest BCUT2D eigenvalue weighted by Gasteiger charge is 2.28. The maximum Gasteiger partial charge on any atom is 0.199 e. The molecule has 1 saturated heterocycles. The van der Waals surface area contributed by atoms with Gasteiger partial charge in [0.25, 0.3) is 0 Å². The minimum absolute atomic E-state index is 0.170.